The zero-order chi connectivity index (χ0) is 15.6. The van der Waals surface area contributed by atoms with Crippen molar-refractivity contribution in [1.29, 1.82) is 0 Å². The first-order valence-electron chi connectivity index (χ1n) is 6.82. The molecule has 0 bridgehead atoms. The van der Waals surface area contributed by atoms with Crippen LogP contribution in [0.3, 0.4) is 0 Å². The number of rotatable bonds is 3. The topological polar surface area (TPSA) is 17.1 Å². The van der Waals surface area contributed by atoms with E-state index in [-0.39, 0.29) is 24.8 Å². The molecule has 1 aromatic carbocycles. The Bertz CT molecular complexity index is 503. The SMILES string of the molecule is O=C(Cc1cc(F)cc(F)c1)C1CCCCC1C(F)(F)F. The summed E-state index contributed by atoms with van der Waals surface area (Å²) in [5.74, 6) is -5.02. The average molecular weight is 306 g/mol. The van der Waals surface area contributed by atoms with Crippen LogP contribution < -0.4 is 0 Å². The van der Waals surface area contributed by atoms with E-state index in [1.807, 2.05) is 0 Å². The molecule has 1 aromatic rings. The van der Waals surface area contributed by atoms with Gasteiger partial charge < -0.3 is 0 Å². The normalized spacial score (nSPS) is 23.1. The highest BCUT2D eigenvalue weighted by atomic mass is 19.4. The molecule has 21 heavy (non-hydrogen) atoms. The molecule has 2 atom stereocenters. The summed E-state index contributed by atoms with van der Waals surface area (Å²) in [6, 6.07) is 2.62. The van der Waals surface area contributed by atoms with Gasteiger partial charge in [0, 0.05) is 18.4 Å². The molecule has 0 N–H and O–H groups in total. The highest BCUT2D eigenvalue weighted by Crippen LogP contribution is 2.42. The molecule has 116 valence electrons. The number of hydrogen-bond donors (Lipinski definition) is 0. The molecule has 0 radical (unpaired) electrons. The summed E-state index contributed by atoms with van der Waals surface area (Å²) in [5, 5.41) is 0. The van der Waals surface area contributed by atoms with E-state index in [1.165, 1.54) is 0 Å². The second-order valence-corrected chi connectivity index (χ2v) is 5.46. The number of carbonyl (C=O) groups excluding carboxylic acids is 1. The van der Waals surface area contributed by atoms with Crippen molar-refractivity contribution >= 4 is 5.78 Å². The number of benzene rings is 1. The van der Waals surface area contributed by atoms with Crippen LogP contribution in [0.1, 0.15) is 31.2 Å². The predicted octanol–water partition coefficient (Wildman–Crippen LogP) is 4.45. The Hall–Kier alpha value is -1.46. The zero-order valence-corrected chi connectivity index (χ0v) is 11.2. The van der Waals surface area contributed by atoms with Gasteiger partial charge in [0.05, 0.1) is 5.92 Å². The summed E-state index contributed by atoms with van der Waals surface area (Å²) in [6.07, 6.45) is -3.64. The fraction of sp³-hybridized carbons (Fsp3) is 0.533. The molecule has 0 amide bonds. The van der Waals surface area contributed by atoms with Crippen LogP contribution in [0.15, 0.2) is 18.2 Å². The van der Waals surface area contributed by atoms with E-state index < -0.39 is 35.4 Å². The lowest BCUT2D eigenvalue weighted by molar-refractivity contribution is -0.197. The maximum absolute atomic E-state index is 13.1. The maximum atomic E-state index is 13.1. The van der Waals surface area contributed by atoms with Crippen LogP contribution in [0.2, 0.25) is 0 Å². The van der Waals surface area contributed by atoms with Gasteiger partial charge in [-0.3, -0.25) is 4.79 Å². The molecule has 0 aliphatic heterocycles. The summed E-state index contributed by atoms with van der Waals surface area (Å²) in [7, 11) is 0. The summed E-state index contributed by atoms with van der Waals surface area (Å²) in [6.45, 7) is 0. The first kappa shape index (κ1) is 15.9. The standard InChI is InChI=1S/C15H15F5O/c16-10-5-9(6-11(17)8-10)7-14(21)12-3-1-2-4-13(12)15(18,19)20/h5-6,8,12-13H,1-4,7H2. The Kier molecular flexibility index (Phi) is 4.64. The molecule has 0 heterocycles. The molecular weight excluding hydrogens is 291 g/mol. The second kappa shape index (κ2) is 6.12. The molecule has 1 aliphatic rings. The van der Waals surface area contributed by atoms with Crippen molar-refractivity contribution in [3.63, 3.8) is 0 Å². The van der Waals surface area contributed by atoms with E-state index >= 15 is 0 Å². The smallest absolute Gasteiger partial charge is 0.299 e. The molecule has 0 saturated heterocycles. The van der Waals surface area contributed by atoms with Gasteiger partial charge in [-0.15, -0.1) is 0 Å². The lowest BCUT2D eigenvalue weighted by atomic mass is 9.75. The van der Waals surface area contributed by atoms with E-state index in [0.29, 0.717) is 18.9 Å². The molecule has 1 aliphatic carbocycles. The van der Waals surface area contributed by atoms with Gasteiger partial charge in [-0.05, 0) is 30.5 Å². The van der Waals surface area contributed by atoms with Crippen LogP contribution in [-0.2, 0) is 11.2 Å². The Balaban J connectivity index is 2.14. The summed E-state index contributed by atoms with van der Waals surface area (Å²) < 4.78 is 65.0. The molecule has 2 rings (SSSR count). The number of carbonyl (C=O) groups is 1. The van der Waals surface area contributed by atoms with Gasteiger partial charge in [-0.25, -0.2) is 8.78 Å². The van der Waals surface area contributed by atoms with Gasteiger partial charge in [0.1, 0.15) is 17.4 Å². The minimum atomic E-state index is -4.41. The summed E-state index contributed by atoms with van der Waals surface area (Å²) in [5.41, 5.74) is 0.0731. The van der Waals surface area contributed by atoms with E-state index in [0.717, 1.165) is 12.1 Å². The summed E-state index contributed by atoms with van der Waals surface area (Å²) >= 11 is 0. The minimum absolute atomic E-state index is 0.0581. The Morgan fingerprint density at radius 2 is 1.62 bits per heavy atom. The highest BCUT2D eigenvalue weighted by molar-refractivity contribution is 5.83. The van der Waals surface area contributed by atoms with Gasteiger partial charge in [-0.1, -0.05) is 12.8 Å². The van der Waals surface area contributed by atoms with Gasteiger partial charge in [0.25, 0.3) is 0 Å². The molecule has 0 aromatic heterocycles. The number of ketones is 1. The third kappa shape index (κ3) is 4.02. The molecule has 0 spiro atoms. The van der Waals surface area contributed by atoms with Crippen molar-refractivity contribution in [3.8, 4) is 0 Å². The van der Waals surface area contributed by atoms with E-state index in [9.17, 15) is 26.7 Å². The van der Waals surface area contributed by atoms with Crippen molar-refractivity contribution in [2.24, 2.45) is 11.8 Å². The number of alkyl halides is 3. The Labute approximate surface area is 119 Å². The number of halogens is 5. The monoisotopic (exact) mass is 306 g/mol. The van der Waals surface area contributed by atoms with Crippen LogP contribution in [0, 0.1) is 23.5 Å². The van der Waals surface area contributed by atoms with Crippen LogP contribution in [0.25, 0.3) is 0 Å². The molecule has 1 nitrogen and oxygen atoms in total. The Morgan fingerprint density at radius 3 is 2.19 bits per heavy atom. The fourth-order valence-corrected chi connectivity index (χ4v) is 2.95. The van der Waals surface area contributed by atoms with Crippen molar-refractivity contribution in [2.45, 2.75) is 38.3 Å². The van der Waals surface area contributed by atoms with Gasteiger partial charge in [0.2, 0.25) is 0 Å². The van der Waals surface area contributed by atoms with Crippen LogP contribution in [0.4, 0.5) is 22.0 Å². The molecule has 1 fully saturated rings. The number of Topliss-reactive ketones (excluding diaryl/α,β-unsaturated/α-hetero) is 1. The lowest BCUT2D eigenvalue weighted by Gasteiger charge is -2.32. The average Bonchev–Trinajstić information content (AvgIpc) is 2.36. The van der Waals surface area contributed by atoms with Crippen LogP contribution in [-0.4, -0.2) is 12.0 Å². The van der Waals surface area contributed by atoms with E-state index in [2.05, 4.69) is 0 Å². The Morgan fingerprint density at radius 1 is 1.05 bits per heavy atom. The first-order valence-corrected chi connectivity index (χ1v) is 6.82. The van der Waals surface area contributed by atoms with Crippen LogP contribution >= 0.6 is 0 Å². The van der Waals surface area contributed by atoms with Crippen molar-refractivity contribution < 1.29 is 26.7 Å². The second-order valence-electron chi connectivity index (χ2n) is 5.46. The maximum Gasteiger partial charge on any atom is 0.392 e. The first-order chi connectivity index (χ1) is 9.77. The number of hydrogen-bond acceptors (Lipinski definition) is 1. The largest absolute Gasteiger partial charge is 0.392 e. The van der Waals surface area contributed by atoms with Gasteiger partial charge in [0.15, 0.2) is 0 Å². The third-order valence-corrected chi connectivity index (χ3v) is 3.90. The van der Waals surface area contributed by atoms with Crippen molar-refractivity contribution in [2.75, 3.05) is 0 Å². The van der Waals surface area contributed by atoms with E-state index in [1.54, 1.807) is 0 Å². The highest BCUT2D eigenvalue weighted by Gasteiger charge is 2.47. The van der Waals surface area contributed by atoms with Crippen molar-refractivity contribution in [1.82, 2.24) is 0 Å². The van der Waals surface area contributed by atoms with Crippen molar-refractivity contribution in [3.05, 3.63) is 35.4 Å². The fourth-order valence-electron chi connectivity index (χ4n) is 2.95. The minimum Gasteiger partial charge on any atom is -0.299 e. The van der Waals surface area contributed by atoms with E-state index in [4.69, 9.17) is 0 Å². The molecular formula is C15H15F5O. The molecule has 1 saturated carbocycles. The summed E-state index contributed by atoms with van der Waals surface area (Å²) in [4.78, 5) is 12.1. The van der Waals surface area contributed by atoms with Crippen LogP contribution in [0.5, 0.6) is 0 Å². The molecule has 2 unspecified atom stereocenters. The quantitative estimate of drug-likeness (QED) is 0.754. The molecule has 6 heteroatoms. The third-order valence-electron chi connectivity index (χ3n) is 3.90. The van der Waals surface area contributed by atoms with Gasteiger partial charge in [-0.2, -0.15) is 13.2 Å². The zero-order valence-electron chi connectivity index (χ0n) is 11.2. The lowest BCUT2D eigenvalue weighted by Crippen LogP contribution is -2.37. The van der Waals surface area contributed by atoms with Gasteiger partial charge >= 0.3 is 6.18 Å². The predicted molar refractivity (Wildman–Crippen MR) is 66.6 cm³/mol.